The fourth-order valence-corrected chi connectivity index (χ4v) is 3.39. The van der Waals surface area contributed by atoms with Gasteiger partial charge >= 0.3 is 0 Å². The Morgan fingerprint density at radius 2 is 2.08 bits per heavy atom. The monoisotopic (exact) mass is 360 g/mol. The average molecular weight is 360 g/mol. The first-order valence-electron chi connectivity index (χ1n) is 8.04. The molecule has 0 aliphatic heterocycles. The van der Waals surface area contributed by atoms with Gasteiger partial charge < -0.3 is 9.72 Å². The summed E-state index contributed by atoms with van der Waals surface area (Å²) in [7, 11) is 0. The Hall–Kier alpha value is -2.48. The van der Waals surface area contributed by atoms with E-state index < -0.39 is 0 Å². The molecule has 8 heteroatoms. The standard InChI is InChI=1S/C17H20N4O3S/c1-9(2)8-24-14-6-18-12(5-13(14)22)7-21-17(23)15-10(3)11(4)25-16(15)19-20-21/h5-6,9H,7-8H2,1-4H3,(H,18,22). The molecule has 3 aromatic rings. The zero-order valence-electron chi connectivity index (χ0n) is 14.6. The number of hydrogen-bond acceptors (Lipinski definition) is 6. The first-order valence-corrected chi connectivity index (χ1v) is 8.86. The van der Waals surface area contributed by atoms with Crippen molar-refractivity contribution in [3.8, 4) is 5.75 Å². The van der Waals surface area contributed by atoms with E-state index in [-0.39, 0.29) is 23.3 Å². The lowest BCUT2D eigenvalue weighted by Gasteiger charge is -2.09. The number of hydrogen-bond donors (Lipinski definition) is 1. The summed E-state index contributed by atoms with van der Waals surface area (Å²) < 4.78 is 6.73. The maximum atomic E-state index is 12.6. The lowest BCUT2D eigenvalue weighted by Crippen LogP contribution is -2.25. The highest BCUT2D eigenvalue weighted by Gasteiger charge is 2.14. The third-order valence-electron chi connectivity index (χ3n) is 3.89. The topological polar surface area (TPSA) is 89.9 Å². The lowest BCUT2D eigenvalue weighted by atomic mass is 10.2. The summed E-state index contributed by atoms with van der Waals surface area (Å²) in [6.45, 7) is 8.51. The van der Waals surface area contributed by atoms with Gasteiger partial charge in [-0.25, -0.2) is 4.68 Å². The van der Waals surface area contributed by atoms with Crippen molar-refractivity contribution in [3.05, 3.63) is 49.0 Å². The Balaban J connectivity index is 1.90. The Bertz CT molecular complexity index is 1030. The molecule has 0 unspecified atom stereocenters. The summed E-state index contributed by atoms with van der Waals surface area (Å²) >= 11 is 1.46. The van der Waals surface area contributed by atoms with E-state index in [1.54, 1.807) is 0 Å². The van der Waals surface area contributed by atoms with Crippen LogP contribution in [0.4, 0.5) is 0 Å². The Morgan fingerprint density at radius 1 is 1.32 bits per heavy atom. The Labute approximate surface area is 148 Å². The van der Waals surface area contributed by atoms with Crippen molar-refractivity contribution in [1.82, 2.24) is 20.0 Å². The molecule has 0 radical (unpaired) electrons. The first-order chi connectivity index (χ1) is 11.9. The fraction of sp³-hybridized carbons (Fsp3) is 0.412. The largest absolute Gasteiger partial charge is 0.488 e. The molecular formula is C17H20N4O3S. The highest BCUT2D eigenvalue weighted by Crippen LogP contribution is 2.24. The number of H-pyrrole nitrogens is 1. The van der Waals surface area contributed by atoms with Crippen LogP contribution < -0.4 is 15.7 Å². The molecule has 0 spiro atoms. The van der Waals surface area contributed by atoms with Gasteiger partial charge in [-0.3, -0.25) is 9.59 Å². The number of rotatable bonds is 5. The predicted molar refractivity (Wildman–Crippen MR) is 97.6 cm³/mol. The second kappa shape index (κ2) is 6.79. The van der Waals surface area contributed by atoms with E-state index in [4.69, 9.17) is 4.74 Å². The zero-order valence-corrected chi connectivity index (χ0v) is 15.4. The molecular weight excluding hydrogens is 340 g/mol. The van der Waals surface area contributed by atoms with Gasteiger partial charge in [0.15, 0.2) is 10.6 Å². The van der Waals surface area contributed by atoms with Crippen LogP contribution in [0.15, 0.2) is 21.9 Å². The van der Waals surface area contributed by atoms with Crippen molar-refractivity contribution in [1.29, 1.82) is 0 Å². The molecule has 25 heavy (non-hydrogen) atoms. The van der Waals surface area contributed by atoms with Crippen molar-refractivity contribution in [3.63, 3.8) is 0 Å². The number of aryl methyl sites for hydroxylation is 2. The van der Waals surface area contributed by atoms with E-state index in [0.29, 0.717) is 28.4 Å². The maximum absolute atomic E-state index is 12.6. The minimum Gasteiger partial charge on any atom is -0.488 e. The van der Waals surface area contributed by atoms with Gasteiger partial charge in [0, 0.05) is 22.8 Å². The second-order valence-electron chi connectivity index (χ2n) is 6.41. The fourth-order valence-electron chi connectivity index (χ4n) is 2.42. The third kappa shape index (κ3) is 3.48. The van der Waals surface area contributed by atoms with E-state index in [9.17, 15) is 9.59 Å². The number of aromatic nitrogens is 4. The van der Waals surface area contributed by atoms with Crippen molar-refractivity contribution in [2.45, 2.75) is 34.2 Å². The quantitative estimate of drug-likeness (QED) is 0.754. The molecule has 0 fully saturated rings. The van der Waals surface area contributed by atoms with E-state index >= 15 is 0 Å². The van der Waals surface area contributed by atoms with Gasteiger partial charge in [0.05, 0.1) is 18.5 Å². The van der Waals surface area contributed by atoms with Crippen molar-refractivity contribution >= 4 is 21.6 Å². The Morgan fingerprint density at radius 3 is 2.76 bits per heavy atom. The van der Waals surface area contributed by atoms with E-state index in [1.165, 1.54) is 28.3 Å². The minimum absolute atomic E-state index is 0.149. The summed E-state index contributed by atoms with van der Waals surface area (Å²) in [5, 5.41) is 8.70. The summed E-state index contributed by atoms with van der Waals surface area (Å²) in [5.74, 6) is 0.604. The van der Waals surface area contributed by atoms with Crippen LogP contribution in [0.3, 0.4) is 0 Å². The minimum atomic E-state index is -0.223. The molecule has 0 bridgehead atoms. The van der Waals surface area contributed by atoms with Crippen molar-refractivity contribution in [2.75, 3.05) is 6.61 Å². The van der Waals surface area contributed by atoms with Crippen LogP contribution in [0, 0.1) is 19.8 Å². The molecule has 0 aliphatic rings. The molecule has 0 saturated heterocycles. The summed E-state index contributed by atoms with van der Waals surface area (Å²) in [6.07, 6.45) is 1.52. The molecule has 7 nitrogen and oxygen atoms in total. The van der Waals surface area contributed by atoms with Gasteiger partial charge in [-0.05, 0) is 25.3 Å². The van der Waals surface area contributed by atoms with Crippen molar-refractivity contribution in [2.24, 2.45) is 5.92 Å². The molecule has 3 aromatic heterocycles. The molecule has 3 heterocycles. The van der Waals surface area contributed by atoms with Gasteiger partial charge in [0.1, 0.15) is 0 Å². The number of pyridine rings is 1. The third-order valence-corrected chi connectivity index (χ3v) is 4.98. The van der Waals surface area contributed by atoms with E-state index in [2.05, 4.69) is 15.3 Å². The molecule has 1 N–H and O–H groups in total. The maximum Gasteiger partial charge on any atom is 0.279 e. The summed E-state index contributed by atoms with van der Waals surface area (Å²) in [6, 6.07) is 1.43. The second-order valence-corrected chi connectivity index (χ2v) is 7.61. The molecule has 3 rings (SSSR count). The van der Waals surface area contributed by atoms with E-state index in [0.717, 1.165) is 10.4 Å². The number of fused-ring (bicyclic) bond motifs is 1. The van der Waals surface area contributed by atoms with Crippen LogP contribution >= 0.6 is 11.3 Å². The van der Waals surface area contributed by atoms with Crippen LogP contribution in [-0.4, -0.2) is 26.6 Å². The first kappa shape index (κ1) is 17.3. The van der Waals surface area contributed by atoms with Crippen LogP contribution in [0.2, 0.25) is 0 Å². The number of nitrogens with zero attached hydrogens (tertiary/aromatic N) is 3. The molecule has 0 aliphatic carbocycles. The lowest BCUT2D eigenvalue weighted by molar-refractivity contribution is 0.267. The van der Waals surface area contributed by atoms with Crippen molar-refractivity contribution < 1.29 is 4.74 Å². The average Bonchev–Trinajstić information content (AvgIpc) is 2.84. The number of ether oxygens (including phenoxy) is 1. The molecule has 132 valence electrons. The zero-order chi connectivity index (χ0) is 18.1. The molecule has 0 saturated carbocycles. The van der Waals surface area contributed by atoms with Gasteiger partial charge in [-0.2, -0.15) is 0 Å². The van der Waals surface area contributed by atoms with Crippen LogP contribution in [0.1, 0.15) is 30.0 Å². The molecule has 0 amide bonds. The normalized spacial score (nSPS) is 11.4. The van der Waals surface area contributed by atoms with E-state index in [1.807, 2.05) is 27.7 Å². The van der Waals surface area contributed by atoms with Gasteiger partial charge in [0.25, 0.3) is 5.56 Å². The highest BCUT2D eigenvalue weighted by atomic mass is 32.1. The smallest absolute Gasteiger partial charge is 0.279 e. The van der Waals surface area contributed by atoms with Gasteiger partial charge in [-0.1, -0.05) is 19.1 Å². The Kier molecular flexibility index (Phi) is 4.71. The highest BCUT2D eigenvalue weighted by molar-refractivity contribution is 7.18. The van der Waals surface area contributed by atoms with Crippen LogP contribution in [-0.2, 0) is 6.54 Å². The predicted octanol–water partition coefficient (Wildman–Crippen LogP) is 2.24. The SMILES string of the molecule is Cc1sc2nnn(Cc3cc(=O)c(OCC(C)C)c[nH]3)c(=O)c2c1C. The van der Waals surface area contributed by atoms with Gasteiger partial charge in [-0.15, -0.1) is 16.4 Å². The molecule has 0 atom stereocenters. The number of thiophene rings is 1. The summed E-state index contributed by atoms with van der Waals surface area (Å²) in [5.41, 5.74) is 1.08. The molecule has 0 aromatic carbocycles. The van der Waals surface area contributed by atoms with Crippen LogP contribution in [0.5, 0.6) is 5.75 Å². The number of aromatic amines is 1. The van der Waals surface area contributed by atoms with Gasteiger partial charge in [0.2, 0.25) is 5.43 Å². The number of nitrogens with one attached hydrogen (secondary N) is 1. The summed E-state index contributed by atoms with van der Waals surface area (Å²) in [4.78, 5) is 29.5. The van der Waals surface area contributed by atoms with Crippen LogP contribution in [0.25, 0.3) is 10.2 Å².